The molecule has 0 aliphatic heterocycles. The van der Waals surface area contributed by atoms with Crippen LogP contribution in [0.4, 0.5) is 0 Å². The van der Waals surface area contributed by atoms with Crippen LogP contribution in [0.3, 0.4) is 0 Å². The van der Waals surface area contributed by atoms with E-state index in [1.807, 2.05) is 61.5 Å². The first-order chi connectivity index (χ1) is 16.0. The second-order valence-corrected chi connectivity index (χ2v) is 7.65. The molecule has 4 aromatic rings. The Balaban J connectivity index is 1.75. The fraction of sp³-hybridized carbons (Fsp3) is 0.185. The lowest BCUT2D eigenvalue weighted by molar-refractivity contribution is 0.341. The monoisotopic (exact) mass is 442 g/mol. The Morgan fingerprint density at radius 2 is 1.48 bits per heavy atom. The molecule has 0 aliphatic rings. The fourth-order valence-electron chi connectivity index (χ4n) is 3.46. The van der Waals surface area contributed by atoms with Gasteiger partial charge in [0.1, 0.15) is 11.5 Å². The van der Waals surface area contributed by atoms with E-state index in [2.05, 4.69) is 30.1 Å². The molecule has 1 aromatic heterocycles. The molecule has 168 valence electrons. The Morgan fingerprint density at radius 3 is 2.21 bits per heavy atom. The number of methoxy groups -OCH3 is 2. The number of aryl methyl sites for hydroxylation is 2. The first-order valence-corrected chi connectivity index (χ1v) is 10.6. The number of benzene rings is 3. The summed E-state index contributed by atoms with van der Waals surface area (Å²) in [5.41, 5.74) is 4.54. The van der Waals surface area contributed by atoms with E-state index in [1.54, 1.807) is 20.4 Å². The van der Waals surface area contributed by atoms with Crippen molar-refractivity contribution in [2.24, 2.45) is 5.16 Å². The van der Waals surface area contributed by atoms with Crippen molar-refractivity contribution in [3.63, 3.8) is 0 Å². The molecule has 1 heterocycles. The summed E-state index contributed by atoms with van der Waals surface area (Å²) in [4.78, 5) is 10.1. The van der Waals surface area contributed by atoms with Crippen LogP contribution in [0.25, 0.3) is 10.9 Å². The molecule has 0 aliphatic carbocycles. The molecule has 3 aromatic carbocycles. The highest BCUT2D eigenvalue weighted by Gasteiger charge is 2.15. The van der Waals surface area contributed by atoms with Gasteiger partial charge in [-0.1, -0.05) is 23.4 Å². The van der Waals surface area contributed by atoms with Gasteiger partial charge in [0.05, 0.1) is 25.4 Å². The minimum atomic E-state index is 0.608. The maximum atomic E-state index is 6.43. The van der Waals surface area contributed by atoms with E-state index < -0.39 is 0 Å². The van der Waals surface area contributed by atoms with E-state index in [4.69, 9.17) is 19.0 Å². The zero-order chi connectivity index (χ0) is 23.4. The average Bonchev–Trinajstić information content (AvgIpc) is 2.84. The summed E-state index contributed by atoms with van der Waals surface area (Å²) in [5, 5.41) is 5.15. The number of aromatic nitrogens is 1. The van der Waals surface area contributed by atoms with Gasteiger partial charge in [0.15, 0.2) is 17.2 Å². The third kappa shape index (κ3) is 4.75. The van der Waals surface area contributed by atoms with Crippen LogP contribution in [0, 0.1) is 13.8 Å². The number of hydrogen-bond acceptors (Lipinski definition) is 6. The van der Waals surface area contributed by atoms with Crippen LogP contribution in [0.15, 0.2) is 72.0 Å². The van der Waals surface area contributed by atoms with E-state index in [-0.39, 0.29) is 0 Å². The summed E-state index contributed by atoms with van der Waals surface area (Å²) in [5.74, 6) is 3.23. The van der Waals surface area contributed by atoms with Crippen molar-refractivity contribution in [1.29, 1.82) is 0 Å². The van der Waals surface area contributed by atoms with Crippen molar-refractivity contribution < 1.29 is 19.0 Å². The number of hydrogen-bond donors (Lipinski definition) is 0. The Kier molecular flexibility index (Phi) is 6.45. The van der Waals surface area contributed by atoms with Crippen LogP contribution in [0.1, 0.15) is 23.6 Å². The lowest BCUT2D eigenvalue weighted by atomic mass is 10.0. The third-order valence-corrected chi connectivity index (χ3v) is 5.44. The smallest absolute Gasteiger partial charge is 0.162 e. The second-order valence-electron chi connectivity index (χ2n) is 7.65. The van der Waals surface area contributed by atoms with Gasteiger partial charge in [-0.3, -0.25) is 4.98 Å². The van der Waals surface area contributed by atoms with Crippen LogP contribution in [-0.2, 0) is 0 Å². The summed E-state index contributed by atoms with van der Waals surface area (Å²) in [6.07, 6.45) is 1.71. The van der Waals surface area contributed by atoms with E-state index in [0.717, 1.165) is 27.6 Å². The number of oxime groups is 1. The van der Waals surface area contributed by atoms with Gasteiger partial charge in [-0.25, -0.2) is 0 Å². The zero-order valence-corrected chi connectivity index (χ0v) is 19.4. The normalized spacial score (nSPS) is 11.4. The molecule has 4 rings (SSSR count). The van der Waals surface area contributed by atoms with Crippen molar-refractivity contribution >= 4 is 16.6 Å². The lowest BCUT2D eigenvalue weighted by Gasteiger charge is -2.16. The second kappa shape index (κ2) is 9.61. The summed E-state index contributed by atoms with van der Waals surface area (Å²) in [7, 11) is 3.21. The third-order valence-electron chi connectivity index (χ3n) is 5.44. The van der Waals surface area contributed by atoms with E-state index in [1.165, 1.54) is 0 Å². The SMILES string of the molecule is COc1cc2nccc(Oc3cc(C)c(C)cc3/C(C)=N/Oc3ccccc3)c2cc1OC. The molecule has 6 heteroatoms. The number of ether oxygens (including phenoxy) is 3. The van der Waals surface area contributed by atoms with E-state index >= 15 is 0 Å². The average molecular weight is 443 g/mol. The van der Waals surface area contributed by atoms with Crippen molar-refractivity contribution in [2.45, 2.75) is 20.8 Å². The molecule has 0 saturated heterocycles. The van der Waals surface area contributed by atoms with Gasteiger partial charge in [-0.15, -0.1) is 0 Å². The van der Waals surface area contributed by atoms with Crippen LogP contribution in [-0.4, -0.2) is 24.9 Å². The molecule has 6 nitrogen and oxygen atoms in total. The largest absolute Gasteiger partial charge is 0.493 e. The molecule has 0 unspecified atom stereocenters. The van der Waals surface area contributed by atoms with Crippen molar-refractivity contribution in [1.82, 2.24) is 4.98 Å². The highest BCUT2D eigenvalue weighted by Crippen LogP contribution is 2.38. The fourth-order valence-corrected chi connectivity index (χ4v) is 3.46. The van der Waals surface area contributed by atoms with Crippen LogP contribution in [0.2, 0.25) is 0 Å². The Labute approximate surface area is 193 Å². The van der Waals surface area contributed by atoms with Gasteiger partial charge in [0.25, 0.3) is 0 Å². The van der Waals surface area contributed by atoms with Crippen molar-refractivity contribution in [3.8, 4) is 28.7 Å². The van der Waals surface area contributed by atoms with Crippen LogP contribution < -0.4 is 19.0 Å². The number of fused-ring (bicyclic) bond motifs is 1. The van der Waals surface area contributed by atoms with Gasteiger partial charge in [-0.05, 0) is 68.3 Å². The summed E-state index contributed by atoms with van der Waals surface area (Å²) in [6, 6.07) is 19.1. The highest BCUT2D eigenvalue weighted by molar-refractivity contribution is 6.01. The molecule has 0 N–H and O–H groups in total. The van der Waals surface area contributed by atoms with Gasteiger partial charge >= 0.3 is 0 Å². The molecule has 0 saturated carbocycles. The van der Waals surface area contributed by atoms with Gasteiger partial charge in [0.2, 0.25) is 0 Å². The Hall–Kier alpha value is -4.06. The first kappa shape index (κ1) is 22.1. The Morgan fingerprint density at radius 1 is 0.788 bits per heavy atom. The molecule has 0 spiro atoms. The molecule has 33 heavy (non-hydrogen) atoms. The predicted molar refractivity (Wildman–Crippen MR) is 130 cm³/mol. The standard InChI is InChI=1S/C27H26N2O4/c1-17-13-21(19(3)29-33-20-9-7-6-8-10-20)25(14-18(17)2)32-24-11-12-28-23-16-27(31-5)26(30-4)15-22(23)24/h6-16H,1-5H3/b29-19+. The Bertz CT molecular complexity index is 1320. The highest BCUT2D eigenvalue weighted by atomic mass is 16.6. The lowest BCUT2D eigenvalue weighted by Crippen LogP contribution is -2.03. The molecular formula is C27H26N2O4. The van der Waals surface area contributed by atoms with Gasteiger partial charge in [0, 0.05) is 23.2 Å². The van der Waals surface area contributed by atoms with Crippen molar-refractivity contribution in [3.05, 3.63) is 83.6 Å². The van der Waals surface area contributed by atoms with Crippen LogP contribution in [0.5, 0.6) is 28.7 Å². The number of nitrogens with zero attached hydrogens (tertiary/aromatic N) is 2. The minimum Gasteiger partial charge on any atom is -0.493 e. The first-order valence-electron chi connectivity index (χ1n) is 10.6. The molecule has 0 radical (unpaired) electrons. The molecule has 0 amide bonds. The molecule has 0 fully saturated rings. The number of para-hydroxylation sites is 1. The summed E-state index contributed by atoms with van der Waals surface area (Å²) >= 11 is 0. The van der Waals surface area contributed by atoms with Crippen LogP contribution >= 0.6 is 0 Å². The molecule has 0 atom stereocenters. The zero-order valence-electron chi connectivity index (χ0n) is 19.4. The topological polar surface area (TPSA) is 62.2 Å². The van der Waals surface area contributed by atoms with E-state index in [9.17, 15) is 0 Å². The van der Waals surface area contributed by atoms with Gasteiger partial charge < -0.3 is 19.0 Å². The number of rotatable bonds is 7. The minimum absolute atomic E-state index is 0.608. The maximum absolute atomic E-state index is 6.43. The summed E-state index contributed by atoms with van der Waals surface area (Å²) < 4.78 is 17.3. The van der Waals surface area contributed by atoms with Crippen molar-refractivity contribution in [2.75, 3.05) is 14.2 Å². The number of pyridine rings is 1. The predicted octanol–water partition coefficient (Wildman–Crippen LogP) is 6.46. The maximum Gasteiger partial charge on any atom is 0.162 e. The summed E-state index contributed by atoms with van der Waals surface area (Å²) in [6.45, 7) is 6.02. The molecule has 0 bridgehead atoms. The van der Waals surface area contributed by atoms with E-state index in [0.29, 0.717) is 34.5 Å². The van der Waals surface area contributed by atoms with Gasteiger partial charge in [-0.2, -0.15) is 0 Å². The quantitative estimate of drug-likeness (QED) is 0.243. The molecular weight excluding hydrogens is 416 g/mol.